The quantitative estimate of drug-likeness (QED) is 0.729. The van der Waals surface area contributed by atoms with Gasteiger partial charge in [-0.2, -0.15) is 13.2 Å². The maximum atomic E-state index is 12.8. The molecule has 2 N–H and O–H groups in total. The van der Waals surface area contributed by atoms with Crippen LogP contribution < -0.4 is 15.1 Å². The van der Waals surface area contributed by atoms with Crippen molar-refractivity contribution in [3.63, 3.8) is 0 Å². The fourth-order valence-corrected chi connectivity index (χ4v) is 2.98. The van der Waals surface area contributed by atoms with Crippen LogP contribution in [0.4, 0.5) is 18.9 Å². The van der Waals surface area contributed by atoms with Gasteiger partial charge in [-0.15, -0.1) is 0 Å². The second kappa shape index (κ2) is 8.53. The molecule has 1 heterocycles. The Labute approximate surface area is 145 Å². The van der Waals surface area contributed by atoms with E-state index in [4.69, 9.17) is 4.74 Å². The molecule has 0 bridgehead atoms. The van der Waals surface area contributed by atoms with Crippen molar-refractivity contribution in [1.82, 2.24) is 5.32 Å². The highest BCUT2D eigenvalue weighted by Gasteiger charge is 2.32. The number of piperazine rings is 1. The molecule has 8 heteroatoms. The number of hydrogen-bond donors (Lipinski definition) is 2. The summed E-state index contributed by atoms with van der Waals surface area (Å²) in [5.41, 5.74) is -0.0586. The van der Waals surface area contributed by atoms with Crippen LogP contribution in [0, 0.1) is 0 Å². The first kappa shape index (κ1) is 19.5. The Morgan fingerprint density at radius 3 is 2.64 bits per heavy atom. The maximum Gasteiger partial charge on any atom is 0.416 e. The smallest absolute Gasteiger partial charge is 0.383 e. The molecule has 0 aliphatic carbocycles. The Morgan fingerprint density at radius 2 is 2.04 bits per heavy atom. The molecule has 1 aromatic carbocycles. The van der Waals surface area contributed by atoms with E-state index in [1.807, 2.05) is 11.8 Å². The molecule has 0 aromatic heterocycles. The summed E-state index contributed by atoms with van der Waals surface area (Å²) in [6, 6.07) is 5.20. The van der Waals surface area contributed by atoms with Crippen LogP contribution in [0.1, 0.15) is 12.5 Å². The fourth-order valence-electron chi connectivity index (χ4n) is 2.98. The van der Waals surface area contributed by atoms with Gasteiger partial charge in [0, 0.05) is 19.3 Å². The van der Waals surface area contributed by atoms with Crippen molar-refractivity contribution in [2.45, 2.75) is 19.1 Å². The van der Waals surface area contributed by atoms with Crippen molar-refractivity contribution < 1.29 is 27.6 Å². The van der Waals surface area contributed by atoms with Crippen LogP contribution >= 0.6 is 0 Å². The molecule has 1 aromatic rings. The van der Waals surface area contributed by atoms with Crippen LogP contribution in [-0.4, -0.2) is 58.4 Å². The summed E-state index contributed by atoms with van der Waals surface area (Å²) < 4.78 is 43.4. The van der Waals surface area contributed by atoms with Gasteiger partial charge in [0.2, 0.25) is 0 Å². The Bertz CT molecular complexity index is 573. The molecule has 1 atom stereocenters. The zero-order valence-electron chi connectivity index (χ0n) is 14.5. The molecular weight excluding hydrogens is 335 g/mol. The first-order valence-electron chi connectivity index (χ1n) is 8.36. The van der Waals surface area contributed by atoms with Crippen LogP contribution in [0.15, 0.2) is 24.3 Å². The lowest BCUT2D eigenvalue weighted by atomic mass is 10.1. The standard InChI is InChI=1S/C17H24F3N3O2/c1-13(16(24)21-6-11-25-2)22-7-9-23(10-8-22)15-5-3-4-14(12-15)17(18,19)20/h3-5,12-13H,6-11H2,1-2H3,(H,21,24)/p+1/t13-/m0/s1. The van der Waals surface area contributed by atoms with Crippen molar-refractivity contribution in [3.05, 3.63) is 29.8 Å². The summed E-state index contributed by atoms with van der Waals surface area (Å²) in [6.07, 6.45) is -4.34. The Balaban J connectivity index is 1.90. The SMILES string of the molecule is COCCNC(=O)[C@H](C)[NH+]1CCN(c2cccc(C(F)(F)F)c2)CC1. The maximum absolute atomic E-state index is 12.8. The minimum Gasteiger partial charge on any atom is -0.383 e. The predicted molar refractivity (Wildman–Crippen MR) is 88.7 cm³/mol. The minimum absolute atomic E-state index is 0.0282. The van der Waals surface area contributed by atoms with Crippen molar-refractivity contribution in [2.75, 3.05) is 51.3 Å². The van der Waals surface area contributed by atoms with E-state index < -0.39 is 11.7 Å². The van der Waals surface area contributed by atoms with Crippen molar-refractivity contribution >= 4 is 11.6 Å². The van der Waals surface area contributed by atoms with Gasteiger partial charge in [-0.05, 0) is 25.1 Å². The number of nitrogens with one attached hydrogen (secondary N) is 2. The molecule has 25 heavy (non-hydrogen) atoms. The average molecular weight is 360 g/mol. The summed E-state index contributed by atoms with van der Waals surface area (Å²) in [4.78, 5) is 15.2. The van der Waals surface area contributed by atoms with E-state index in [1.54, 1.807) is 13.2 Å². The number of anilines is 1. The van der Waals surface area contributed by atoms with E-state index in [9.17, 15) is 18.0 Å². The second-order valence-corrected chi connectivity index (χ2v) is 6.20. The number of methoxy groups -OCH3 is 1. The van der Waals surface area contributed by atoms with Crippen LogP contribution in [0.2, 0.25) is 0 Å². The third kappa shape index (κ3) is 5.34. The number of alkyl halides is 3. The normalized spacial score (nSPS) is 17.4. The third-order valence-electron chi connectivity index (χ3n) is 4.56. The first-order valence-corrected chi connectivity index (χ1v) is 8.36. The Kier molecular flexibility index (Phi) is 6.66. The second-order valence-electron chi connectivity index (χ2n) is 6.20. The molecule has 5 nitrogen and oxygen atoms in total. The number of rotatable bonds is 6. The molecule has 1 saturated heterocycles. The molecular formula is C17H25F3N3O2+. The number of amides is 1. The van der Waals surface area contributed by atoms with Crippen LogP contribution in [0.5, 0.6) is 0 Å². The summed E-state index contributed by atoms with van der Waals surface area (Å²) in [7, 11) is 1.58. The summed E-state index contributed by atoms with van der Waals surface area (Å²) in [6.45, 7) is 5.46. The monoisotopic (exact) mass is 360 g/mol. The van der Waals surface area contributed by atoms with Gasteiger partial charge in [0.15, 0.2) is 6.04 Å². The van der Waals surface area contributed by atoms with E-state index in [-0.39, 0.29) is 11.9 Å². The van der Waals surface area contributed by atoms with Gasteiger partial charge in [-0.25, -0.2) is 0 Å². The van der Waals surface area contributed by atoms with Crippen molar-refractivity contribution in [2.24, 2.45) is 0 Å². The van der Waals surface area contributed by atoms with E-state index in [2.05, 4.69) is 5.32 Å². The number of halogens is 3. The van der Waals surface area contributed by atoms with Crippen molar-refractivity contribution in [1.29, 1.82) is 0 Å². The lowest BCUT2D eigenvalue weighted by Gasteiger charge is -2.36. The molecule has 2 rings (SSSR count). The van der Waals surface area contributed by atoms with Gasteiger partial charge < -0.3 is 19.9 Å². The van der Waals surface area contributed by atoms with Gasteiger partial charge in [0.05, 0.1) is 38.3 Å². The number of carbonyl (C=O) groups excluding carboxylic acids is 1. The molecule has 0 radical (unpaired) electrons. The predicted octanol–water partition coefficient (Wildman–Crippen LogP) is 0.561. The Hall–Kier alpha value is -1.80. The molecule has 0 saturated carbocycles. The highest BCUT2D eigenvalue weighted by atomic mass is 19.4. The largest absolute Gasteiger partial charge is 0.416 e. The van der Waals surface area contributed by atoms with E-state index in [0.717, 1.165) is 11.0 Å². The lowest BCUT2D eigenvalue weighted by molar-refractivity contribution is -0.914. The molecule has 1 fully saturated rings. The number of hydrogen-bond acceptors (Lipinski definition) is 3. The summed E-state index contributed by atoms with van der Waals surface area (Å²) >= 11 is 0. The topological polar surface area (TPSA) is 46.0 Å². The molecule has 0 unspecified atom stereocenters. The zero-order valence-corrected chi connectivity index (χ0v) is 14.5. The van der Waals surface area contributed by atoms with E-state index in [0.29, 0.717) is 45.0 Å². The lowest BCUT2D eigenvalue weighted by Crippen LogP contribution is -3.19. The zero-order chi connectivity index (χ0) is 18.4. The molecule has 140 valence electrons. The van der Waals surface area contributed by atoms with Gasteiger partial charge in [0.25, 0.3) is 5.91 Å². The molecule has 1 aliphatic heterocycles. The van der Waals surface area contributed by atoms with Crippen LogP contribution in [-0.2, 0) is 15.7 Å². The third-order valence-corrected chi connectivity index (χ3v) is 4.56. The van der Waals surface area contributed by atoms with E-state index >= 15 is 0 Å². The number of ether oxygens (including phenoxy) is 1. The van der Waals surface area contributed by atoms with Gasteiger partial charge in [0.1, 0.15) is 0 Å². The highest BCUT2D eigenvalue weighted by Crippen LogP contribution is 2.31. The number of quaternary nitrogens is 1. The average Bonchev–Trinajstić information content (AvgIpc) is 2.61. The van der Waals surface area contributed by atoms with Gasteiger partial charge in [-0.3, -0.25) is 4.79 Å². The fraction of sp³-hybridized carbons (Fsp3) is 0.588. The Morgan fingerprint density at radius 1 is 1.36 bits per heavy atom. The van der Waals surface area contributed by atoms with Crippen LogP contribution in [0.3, 0.4) is 0 Å². The van der Waals surface area contributed by atoms with E-state index in [1.165, 1.54) is 12.1 Å². The van der Waals surface area contributed by atoms with Gasteiger partial charge in [-0.1, -0.05) is 6.07 Å². The summed E-state index contributed by atoms with van der Waals surface area (Å²) in [5.74, 6) is -0.0282. The number of nitrogens with zero attached hydrogens (tertiary/aromatic N) is 1. The summed E-state index contributed by atoms with van der Waals surface area (Å²) in [5, 5.41) is 2.82. The van der Waals surface area contributed by atoms with Crippen molar-refractivity contribution in [3.8, 4) is 0 Å². The van der Waals surface area contributed by atoms with Gasteiger partial charge >= 0.3 is 6.18 Å². The minimum atomic E-state index is -4.34. The highest BCUT2D eigenvalue weighted by molar-refractivity contribution is 5.79. The molecule has 1 aliphatic rings. The molecule has 1 amide bonds. The molecule has 0 spiro atoms. The number of carbonyl (C=O) groups is 1. The number of benzene rings is 1. The van der Waals surface area contributed by atoms with Crippen LogP contribution in [0.25, 0.3) is 0 Å². The first-order chi connectivity index (χ1) is 11.8.